The Morgan fingerprint density at radius 2 is 1.96 bits per heavy atom. The normalized spacial score (nSPS) is 10.1. The number of carbonyl (C=O) groups is 2. The van der Waals surface area contributed by atoms with Crippen molar-refractivity contribution in [2.24, 2.45) is 0 Å². The fraction of sp³-hybridized carbons (Fsp3) is 0.400. The number of hydrazine groups is 1. The third-order valence-electron chi connectivity index (χ3n) is 2.99. The van der Waals surface area contributed by atoms with Gasteiger partial charge in [-0.05, 0) is 36.8 Å². The van der Waals surface area contributed by atoms with Crippen LogP contribution in [0, 0.1) is 0 Å². The molecule has 0 unspecified atom stereocenters. The van der Waals surface area contributed by atoms with Crippen molar-refractivity contribution in [3.05, 3.63) is 33.8 Å². The van der Waals surface area contributed by atoms with E-state index in [9.17, 15) is 9.59 Å². The van der Waals surface area contributed by atoms with Crippen LogP contribution < -0.4 is 16.1 Å². The van der Waals surface area contributed by atoms with Gasteiger partial charge in [-0.3, -0.25) is 20.0 Å². The highest BCUT2D eigenvalue weighted by molar-refractivity contribution is 7.80. The molecule has 0 fully saturated rings. The van der Waals surface area contributed by atoms with Gasteiger partial charge in [0.2, 0.25) is 0 Å². The van der Waals surface area contributed by atoms with E-state index in [4.69, 9.17) is 40.2 Å². The van der Waals surface area contributed by atoms with Crippen LogP contribution in [0.5, 0.6) is 0 Å². The molecular formula is C15H20Cl2N4O3S. The Bertz CT molecular complexity index is 631. The molecule has 25 heavy (non-hydrogen) atoms. The quantitative estimate of drug-likeness (QED) is 0.362. The monoisotopic (exact) mass is 406 g/mol. The van der Waals surface area contributed by atoms with Crippen molar-refractivity contribution in [3.8, 4) is 0 Å². The predicted molar refractivity (Wildman–Crippen MR) is 102 cm³/mol. The van der Waals surface area contributed by atoms with E-state index in [0.717, 1.165) is 6.42 Å². The van der Waals surface area contributed by atoms with E-state index in [1.54, 1.807) is 14.2 Å². The van der Waals surface area contributed by atoms with Gasteiger partial charge in [-0.1, -0.05) is 23.2 Å². The Morgan fingerprint density at radius 3 is 2.60 bits per heavy atom. The van der Waals surface area contributed by atoms with Crippen LogP contribution in [-0.4, -0.2) is 55.8 Å². The fourth-order valence-electron chi connectivity index (χ4n) is 1.71. The minimum atomic E-state index is -0.434. The number of methoxy groups -OCH3 is 1. The molecule has 0 aromatic heterocycles. The van der Waals surface area contributed by atoms with Gasteiger partial charge in [-0.2, -0.15) is 0 Å². The molecule has 0 saturated heterocycles. The molecule has 0 bridgehead atoms. The minimum absolute atomic E-state index is 0.213. The van der Waals surface area contributed by atoms with E-state index in [1.807, 2.05) is 0 Å². The Hall–Kier alpha value is -1.61. The fourth-order valence-corrected chi connectivity index (χ4v) is 2.15. The van der Waals surface area contributed by atoms with Gasteiger partial charge in [0, 0.05) is 32.9 Å². The molecule has 138 valence electrons. The number of carbonyl (C=O) groups excluding carboxylic acids is 2. The number of benzene rings is 1. The van der Waals surface area contributed by atoms with E-state index in [2.05, 4.69) is 16.1 Å². The highest BCUT2D eigenvalue weighted by Gasteiger charge is 2.12. The third kappa shape index (κ3) is 7.87. The van der Waals surface area contributed by atoms with Gasteiger partial charge in [-0.25, -0.2) is 0 Å². The summed E-state index contributed by atoms with van der Waals surface area (Å²) in [7, 11) is 3.22. The van der Waals surface area contributed by atoms with Gasteiger partial charge in [-0.15, -0.1) is 0 Å². The molecule has 0 heterocycles. The maximum absolute atomic E-state index is 12.0. The van der Waals surface area contributed by atoms with Crippen molar-refractivity contribution in [1.82, 2.24) is 21.1 Å². The summed E-state index contributed by atoms with van der Waals surface area (Å²) in [6.07, 6.45) is 0.790. The smallest absolute Gasteiger partial charge is 0.257 e. The van der Waals surface area contributed by atoms with Gasteiger partial charge < -0.3 is 15.4 Å². The molecule has 1 aromatic rings. The molecule has 7 nitrogen and oxygen atoms in total. The standard InChI is InChI=1S/C15H20Cl2N4O3S/c1-21(15(25)18-6-3-7-24-2)20-13(22)9-19-14(23)10-4-5-11(16)12(17)8-10/h4-5,8H,3,6-7,9H2,1-2H3,(H,18,25)(H,19,23)(H,20,22). The molecule has 10 heteroatoms. The van der Waals surface area contributed by atoms with Crippen molar-refractivity contribution >= 4 is 52.3 Å². The van der Waals surface area contributed by atoms with Crippen molar-refractivity contribution in [3.63, 3.8) is 0 Å². The number of thiocarbonyl (C=S) groups is 1. The molecule has 0 atom stereocenters. The van der Waals surface area contributed by atoms with Gasteiger partial charge >= 0.3 is 0 Å². The molecule has 1 rings (SSSR count). The summed E-state index contributed by atoms with van der Waals surface area (Å²) in [4.78, 5) is 23.8. The highest BCUT2D eigenvalue weighted by Crippen LogP contribution is 2.22. The van der Waals surface area contributed by atoms with E-state index in [1.165, 1.54) is 23.2 Å². The Kier molecular flexibility index (Phi) is 9.51. The average Bonchev–Trinajstić information content (AvgIpc) is 2.58. The molecule has 0 spiro atoms. The van der Waals surface area contributed by atoms with E-state index < -0.39 is 11.8 Å². The molecule has 3 N–H and O–H groups in total. The molecular weight excluding hydrogens is 387 g/mol. The lowest BCUT2D eigenvalue weighted by atomic mass is 10.2. The van der Waals surface area contributed by atoms with Gasteiger partial charge in [0.15, 0.2) is 5.11 Å². The molecule has 0 saturated carbocycles. The van der Waals surface area contributed by atoms with Crippen LogP contribution in [-0.2, 0) is 9.53 Å². The van der Waals surface area contributed by atoms with Crippen molar-refractivity contribution in [1.29, 1.82) is 0 Å². The van der Waals surface area contributed by atoms with Crippen LogP contribution in [0.2, 0.25) is 10.0 Å². The summed E-state index contributed by atoms with van der Waals surface area (Å²) in [5, 5.41) is 7.81. The second-order valence-corrected chi connectivity index (χ2v) is 6.18. The first-order chi connectivity index (χ1) is 11.8. The number of rotatable bonds is 7. The minimum Gasteiger partial charge on any atom is -0.385 e. The number of nitrogens with one attached hydrogen (secondary N) is 3. The van der Waals surface area contributed by atoms with E-state index >= 15 is 0 Å². The average molecular weight is 407 g/mol. The number of hydrogen-bond donors (Lipinski definition) is 3. The molecule has 0 aliphatic heterocycles. The Morgan fingerprint density at radius 1 is 1.24 bits per heavy atom. The summed E-state index contributed by atoms with van der Waals surface area (Å²) in [5.74, 6) is -0.853. The largest absolute Gasteiger partial charge is 0.385 e. The topological polar surface area (TPSA) is 82.7 Å². The zero-order valence-electron chi connectivity index (χ0n) is 13.9. The Labute approximate surface area is 161 Å². The lowest BCUT2D eigenvalue weighted by Crippen LogP contribution is -2.50. The predicted octanol–water partition coefficient (Wildman–Crippen LogP) is 1.60. The lowest BCUT2D eigenvalue weighted by molar-refractivity contribution is -0.122. The second kappa shape index (κ2) is 11.1. The number of nitrogens with zero attached hydrogens (tertiary/aromatic N) is 1. The van der Waals surface area contributed by atoms with E-state index in [0.29, 0.717) is 28.9 Å². The zero-order valence-corrected chi connectivity index (χ0v) is 16.2. The molecule has 0 radical (unpaired) electrons. The molecule has 0 aliphatic carbocycles. The van der Waals surface area contributed by atoms with Crippen LogP contribution in [0.3, 0.4) is 0 Å². The van der Waals surface area contributed by atoms with Gasteiger partial charge in [0.05, 0.1) is 16.6 Å². The number of ether oxygens (including phenoxy) is 1. The van der Waals surface area contributed by atoms with Crippen molar-refractivity contribution in [2.45, 2.75) is 6.42 Å². The first kappa shape index (κ1) is 21.4. The van der Waals surface area contributed by atoms with Crippen LogP contribution in [0.4, 0.5) is 0 Å². The number of amides is 2. The highest BCUT2D eigenvalue weighted by atomic mass is 35.5. The van der Waals surface area contributed by atoms with Crippen LogP contribution in [0.25, 0.3) is 0 Å². The third-order valence-corrected chi connectivity index (χ3v) is 4.15. The van der Waals surface area contributed by atoms with Crippen LogP contribution in [0.1, 0.15) is 16.8 Å². The summed E-state index contributed by atoms with van der Waals surface area (Å²) in [5.41, 5.74) is 2.86. The van der Waals surface area contributed by atoms with Gasteiger partial charge in [0.1, 0.15) is 0 Å². The van der Waals surface area contributed by atoms with Crippen LogP contribution in [0.15, 0.2) is 18.2 Å². The number of halogens is 2. The van der Waals surface area contributed by atoms with Crippen molar-refractivity contribution in [2.75, 3.05) is 33.9 Å². The van der Waals surface area contributed by atoms with Crippen LogP contribution >= 0.6 is 35.4 Å². The summed E-state index contributed by atoms with van der Waals surface area (Å²) in [6.45, 7) is 1.03. The molecule has 2 amide bonds. The maximum atomic E-state index is 12.0. The summed E-state index contributed by atoms with van der Waals surface area (Å²) < 4.78 is 4.93. The lowest BCUT2D eigenvalue weighted by Gasteiger charge is -2.21. The molecule has 0 aliphatic rings. The summed E-state index contributed by atoms with van der Waals surface area (Å²) >= 11 is 16.8. The maximum Gasteiger partial charge on any atom is 0.257 e. The second-order valence-electron chi connectivity index (χ2n) is 4.98. The van der Waals surface area contributed by atoms with Gasteiger partial charge in [0.25, 0.3) is 11.8 Å². The first-order valence-electron chi connectivity index (χ1n) is 7.38. The van der Waals surface area contributed by atoms with Crippen molar-refractivity contribution < 1.29 is 14.3 Å². The zero-order chi connectivity index (χ0) is 18.8. The summed E-state index contributed by atoms with van der Waals surface area (Å²) in [6, 6.07) is 4.47. The Balaban J connectivity index is 2.36. The SMILES string of the molecule is COCCCNC(=S)N(C)NC(=O)CNC(=O)c1ccc(Cl)c(Cl)c1. The first-order valence-corrected chi connectivity index (χ1v) is 8.54. The number of hydrogen-bond acceptors (Lipinski definition) is 4. The molecule has 1 aromatic carbocycles. The van der Waals surface area contributed by atoms with E-state index in [-0.39, 0.29) is 11.6 Å².